The highest BCUT2D eigenvalue weighted by molar-refractivity contribution is 7.47. The van der Waals surface area contributed by atoms with Gasteiger partial charge in [0, 0.05) is 12.8 Å². The smallest absolute Gasteiger partial charge is 0.462 e. The Morgan fingerprint density at radius 2 is 0.695 bits per heavy atom. The van der Waals surface area contributed by atoms with Gasteiger partial charge in [-0.15, -0.1) is 0 Å². The average molecular weight is 1170 g/mol. The molecule has 0 aliphatic rings. The first-order valence-electron chi connectivity index (χ1n) is 33.6. The lowest BCUT2D eigenvalue weighted by atomic mass is 10.0. The van der Waals surface area contributed by atoms with Crippen LogP contribution in [0.1, 0.15) is 284 Å². The second-order valence-electron chi connectivity index (χ2n) is 23.5. The number of hydrogen-bond acceptors (Lipinski definition) is 7. The average Bonchev–Trinajstić information content (AvgIpc) is 3.45. The molecule has 0 radical (unpaired) electrons. The summed E-state index contributed by atoms with van der Waals surface area (Å²) in [4.78, 5) is 35.8. The van der Waals surface area contributed by atoms with Gasteiger partial charge < -0.3 is 18.9 Å². The lowest BCUT2D eigenvalue weighted by Gasteiger charge is -2.24. The van der Waals surface area contributed by atoms with Crippen molar-refractivity contribution >= 4 is 19.8 Å². The van der Waals surface area contributed by atoms with Crippen molar-refractivity contribution in [3.8, 4) is 0 Å². The van der Waals surface area contributed by atoms with Crippen LogP contribution in [0.5, 0.6) is 0 Å². The van der Waals surface area contributed by atoms with Crippen LogP contribution in [0, 0.1) is 0 Å². The third-order valence-electron chi connectivity index (χ3n) is 14.3. The molecule has 472 valence electrons. The summed E-state index contributed by atoms with van der Waals surface area (Å²) in [6.07, 6.45) is 87.6. The van der Waals surface area contributed by atoms with Crippen LogP contribution in [0.2, 0.25) is 0 Å². The van der Waals surface area contributed by atoms with E-state index >= 15 is 0 Å². The van der Waals surface area contributed by atoms with Crippen molar-refractivity contribution in [2.24, 2.45) is 0 Å². The number of phosphoric acid groups is 1. The minimum Gasteiger partial charge on any atom is -0.462 e. The van der Waals surface area contributed by atoms with Crippen molar-refractivity contribution in [3.63, 3.8) is 0 Å². The van der Waals surface area contributed by atoms with Crippen LogP contribution in [-0.4, -0.2) is 74.9 Å². The quantitative estimate of drug-likeness (QED) is 0.0211. The van der Waals surface area contributed by atoms with E-state index in [0.717, 1.165) is 96.3 Å². The number of esters is 2. The molecule has 0 saturated carbocycles. The van der Waals surface area contributed by atoms with E-state index in [1.807, 2.05) is 21.1 Å². The second kappa shape index (κ2) is 62.2. The molecule has 0 aromatic rings. The molecule has 0 aliphatic carbocycles. The summed E-state index contributed by atoms with van der Waals surface area (Å²) in [5.74, 6) is -0.825. The zero-order chi connectivity index (χ0) is 59.8. The molecule has 2 unspecified atom stereocenters. The van der Waals surface area contributed by atoms with Gasteiger partial charge in [0.15, 0.2) is 6.10 Å². The van der Waals surface area contributed by atoms with Crippen LogP contribution in [0.3, 0.4) is 0 Å². The molecule has 0 aromatic heterocycles. The lowest BCUT2D eigenvalue weighted by molar-refractivity contribution is -0.870. The highest BCUT2D eigenvalue weighted by Gasteiger charge is 2.27. The number of hydrogen-bond donors (Lipinski definition) is 1. The molecule has 0 saturated heterocycles. The topological polar surface area (TPSA) is 108 Å². The summed E-state index contributed by atoms with van der Waals surface area (Å²) < 4.78 is 34.7. The summed E-state index contributed by atoms with van der Waals surface area (Å²) in [6, 6.07) is 0. The van der Waals surface area contributed by atoms with Gasteiger partial charge >= 0.3 is 19.8 Å². The number of rotatable bonds is 61. The second-order valence-corrected chi connectivity index (χ2v) is 24.9. The van der Waals surface area contributed by atoms with Gasteiger partial charge in [-0.3, -0.25) is 18.6 Å². The van der Waals surface area contributed by atoms with Crippen LogP contribution in [0.15, 0.2) is 109 Å². The number of ether oxygens (including phenoxy) is 2. The van der Waals surface area contributed by atoms with E-state index in [0.29, 0.717) is 17.4 Å². The Morgan fingerprint density at radius 1 is 0.390 bits per heavy atom. The Morgan fingerprint density at radius 3 is 1.05 bits per heavy atom. The number of allylic oxidation sites excluding steroid dienone is 18. The Bertz CT molecular complexity index is 1750. The van der Waals surface area contributed by atoms with Gasteiger partial charge in [-0.2, -0.15) is 0 Å². The number of carbonyl (C=O) groups is 2. The van der Waals surface area contributed by atoms with E-state index in [4.69, 9.17) is 18.5 Å². The number of quaternary nitrogens is 1. The van der Waals surface area contributed by atoms with Gasteiger partial charge in [-0.25, -0.2) is 4.57 Å². The van der Waals surface area contributed by atoms with Crippen molar-refractivity contribution in [1.29, 1.82) is 0 Å². The zero-order valence-electron chi connectivity index (χ0n) is 53.7. The standard InChI is InChI=1S/C72H126NO8P/c1-6-8-10-12-14-16-18-20-22-24-26-28-30-32-34-36-38-40-42-44-46-48-50-52-54-56-58-60-62-64-71(74)78-68-70(69-80-82(76,77)79-67-66-73(3,4)5)81-72(75)65-63-61-59-57-55-53-51-49-47-45-43-41-39-37-35-33-31-29-27-25-23-21-19-17-15-13-11-9-7-2/h9,11,15,17,21,23-24,26-27,29,33,35,39,41,45,47,51,53,70H,6-8,10,12-14,16,18-20,22,25,28,30-32,34,36-38,40,42-44,46,48-50,52,54-69H2,1-5H3/p+1/b11-9-,17-15-,23-21-,26-24-,29-27-,35-33-,41-39-,47-45-,53-51-. The minimum absolute atomic E-state index is 0.0216. The van der Waals surface area contributed by atoms with E-state index in [1.165, 1.54) is 154 Å². The number of phosphoric ester groups is 1. The first kappa shape index (κ1) is 78.7. The van der Waals surface area contributed by atoms with E-state index in [-0.39, 0.29) is 32.0 Å². The van der Waals surface area contributed by atoms with Gasteiger partial charge in [0.25, 0.3) is 0 Å². The summed E-state index contributed by atoms with van der Waals surface area (Å²) in [5, 5.41) is 0. The van der Waals surface area contributed by atoms with E-state index < -0.39 is 26.5 Å². The normalized spacial score (nSPS) is 13.9. The molecule has 0 fully saturated rings. The van der Waals surface area contributed by atoms with E-state index in [2.05, 4.69) is 123 Å². The first-order valence-corrected chi connectivity index (χ1v) is 35.1. The molecule has 9 nitrogen and oxygen atoms in total. The fraction of sp³-hybridized carbons (Fsp3) is 0.722. The van der Waals surface area contributed by atoms with Crippen molar-refractivity contribution in [2.75, 3.05) is 47.5 Å². The Hall–Kier alpha value is -3.33. The van der Waals surface area contributed by atoms with Crippen molar-refractivity contribution in [3.05, 3.63) is 109 Å². The largest absolute Gasteiger partial charge is 0.472 e. The van der Waals surface area contributed by atoms with Crippen molar-refractivity contribution in [1.82, 2.24) is 0 Å². The fourth-order valence-electron chi connectivity index (χ4n) is 9.15. The van der Waals surface area contributed by atoms with Crippen LogP contribution in [0.4, 0.5) is 0 Å². The third kappa shape index (κ3) is 65.8. The van der Waals surface area contributed by atoms with Crippen LogP contribution < -0.4 is 0 Å². The molecule has 82 heavy (non-hydrogen) atoms. The van der Waals surface area contributed by atoms with Gasteiger partial charge in [0.1, 0.15) is 19.8 Å². The predicted molar refractivity (Wildman–Crippen MR) is 353 cm³/mol. The number of nitrogens with zero attached hydrogens (tertiary/aromatic N) is 1. The molecule has 2 atom stereocenters. The summed E-state index contributed by atoms with van der Waals surface area (Å²) in [7, 11) is 1.45. The van der Waals surface area contributed by atoms with Gasteiger partial charge in [0.05, 0.1) is 27.7 Å². The molecule has 0 spiro atoms. The molecule has 0 aliphatic heterocycles. The summed E-state index contributed by atoms with van der Waals surface area (Å²) >= 11 is 0. The third-order valence-corrected chi connectivity index (χ3v) is 15.3. The molecule has 0 amide bonds. The minimum atomic E-state index is -4.41. The molecule has 0 heterocycles. The van der Waals surface area contributed by atoms with Crippen LogP contribution in [0.25, 0.3) is 0 Å². The van der Waals surface area contributed by atoms with Crippen molar-refractivity contribution in [2.45, 2.75) is 290 Å². The number of carbonyl (C=O) groups excluding carboxylic acids is 2. The SMILES string of the molecule is CC/C=C\C/C=C\C/C=C\C/C=C\C/C=C\C/C=C\C/C=C\C/C=C\CCCCCCC(=O)OC(COC(=O)CCCCCCCCCCCCCCCCCCC/C=C\CCCCCCCCCC)COP(=O)(O)OCC[N+](C)(C)C. The Kier molecular flexibility index (Phi) is 59.7. The van der Waals surface area contributed by atoms with Gasteiger partial charge in [0.2, 0.25) is 0 Å². The van der Waals surface area contributed by atoms with Crippen LogP contribution >= 0.6 is 7.82 Å². The molecule has 1 N–H and O–H groups in total. The van der Waals surface area contributed by atoms with Crippen LogP contribution in [-0.2, 0) is 32.7 Å². The lowest BCUT2D eigenvalue weighted by Crippen LogP contribution is -2.37. The molecule has 0 rings (SSSR count). The molecular weight excluding hydrogens is 1040 g/mol. The fourth-order valence-corrected chi connectivity index (χ4v) is 9.89. The summed E-state index contributed by atoms with van der Waals surface area (Å²) in [5.41, 5.74) is 0. The van der Waals surface area contributed by atoms with E-state index in [1.54, 1.807) is 0 Å². The number of unbranched alkanes of at least 4 members (excludes halogenated alkanes) is 29. The Balaban J connectivity index is 4.15. The highest BCUT2D eigenvalue weighted by atomic mass is 31.2. The number of likely N-dealkylation sites (N-methyl/N-ethyl adjacent to an activating group) is 1. The highest BCUT2D eigenvalue weighted by Crippen LogP contribution is 2.43. The zero-order valence-corrected chi connectivity index (χ0v) is 54.6. The predicted octanol–water partition coefficient (Wildman–Crippen LogP) is 21.7. The molecule has 0 bridgehead atoms. The molecular formula is C72H127NO8P+. The maximum absolute atomic E-state index is 12.9. The Labute approximate surface area is 506 Å². The summed E-state index contributed by atoms with van der Waals surface area (Å²) in [6.45, 7) is 4.31. The van der Waals surface area contributed by atoms with E-state index in [9.17, 15) is 19.0 Å². The molecule has 10 heteroatoms. The van der Waals surface area contributed by atoms with Gasteiger partial charge in [-0.1, -0.05) is 277 Å². The maximum atomic E-state index is 12.9. The maximum Gasteiger partial charge on any atom is 0.472 e. The van der Waals surface area contributed by atoms with Crippen molar-refractivity contribution < 1.29 is 42.1 Å². The monoisotopic (exact) mass is 1160 g/mol. The van der Waals surface area contributed by atoms with Gasteiger partial charge in [-0.05, 0) is 103 Å². The molecule has 0 aromatic carbocycles. The first-order chi connectivity index (χ1) is 40.0.